The van der Waals surface area contributed by atoms with Crippen molar-refractivity contribution in [3.8, 4) is 0 Å². The van der Waals surface area contributed by atoms with Crippen LogP contribution < -0.4 is 5.32 Å². The molecular weight excluding hydrogens is 280 g/mol. The van der Waals surface area contributed by atoms with Crippen LogP contribution in [0.1, 0.15) is 31.7 Å². The summed E-state index contributed by atoms with van der Waals surface area (Å²) in [6.45, 7) is 8.11. The van der Waals surface area contributed by atoms with Crippen molar-refractivity contribution in [1.29, 1.82) is 0 Å². The van der Waals surface area contributed by atoms with Crippen molar-refractivity contribution >= 4 is 17.2 Å². The maximum Gasteiger partial charge on any atom is 0.0406 e. The second-order valence-corrected chi connectivity index (χ2v) is 6.90. The second-order valence-electron chi connectivity index (χ2n) is 6.46. The topological polar surface area (TPSA) is 15.3 Å². The van der Waals surface area contributed by atoms with Gasteiger partial charge in [-0.1, -0.05) is 36.2 Å². The van der Waals surface area contributed by atoms with Gasteiger partial charge >= 0.3 is 0 Å². The molecule has 1 atom stereocenters. The molecule has 1 N–H and O–H groups in total. The first-order valence-corrected chi connectivity index (χ1v) is 8.50. The molecule has 2 nitrogen and oxygen atoms in total. The Labute approximate surface area is 133 Å². The van der Waals surface area contributed by atoms with Gasteiger partial charge in [-0.05, 0) is 48.4 Å². The lowest BCUT2D eigenvalue weighted by molar-refractivity contribution is 0.255. The number of halogens is 1. The first kappa shape index (κ1) is 15.1. The molecule has 1 saturated heterocycles. The smallest absolute Gasteiger partial charge is 0.0406 e. The van der Waals surface area contributed by atoms with Gasteiger partial charge in [0.15, 0.2) is 0 Å². The van der Waals surface area contributed by atoms with E-state index in [-0.39, 0.29) is 0 Å². The molecule has 1 unspecified atom stereocenters. The van der Waals surface area contributed by atoms with Crippen LogP contribution in [0.15, 0.2) is 29.8 Å². The minimum atomic E-state index is 0.794. The fourth-order valence-electron chi connectivity index (χ4n) is 3.45. The van der Waals surface area contributed by atoms with Crippen LogP contribution in [0, 0.1) is 5.92 Å². The number of nitrogens with zero attached hydrogens (tertiary/aromatic N) is 1. The zero-order chi connectivity index (χ0) is 14.7. The average molecular weight is 305 g/mol. The molecule has 1 aromatic carbocycles. The van der Waals surface area contributed by atoms with Gasteiger partial charge in [-0.2, -0.15) is 0 Å². The molecule has 1 heterocycles. The van der Waals surface area contributed by atoms with Crippen LogP contribution >= 0.6 is 11.6 Å². The monoisotopic (exact) mass is 304 g/mol. The second kappa shape index (κ2) is 6.95. The van der Waals surface area contributed by atoms with Gasteiger partial charge in [0.2, 0.25) is 0 Å². The third-order valence-electron chi connectivity index (χ3n) is 4.74. The van der Waals surface area contributed by atoms with Crippen molar-refractivity contribution < 1.29 is 0 Å². The van der Waals surface area contributed by atoms with Crippen LogP contribution in [0.4, 0.5) is 0 Å². The molecule has 0 spiro atoms. The summed E-state index contributed by atoms with van der Waals surface area (Å²) in [6.07, 6.45) is 3.80. The Bertz CT molecular complexity index is 500. The minimum Gasteiger partial charge on any atom is -0.314 e. The summed E-state index contributed by atoms with van der Waals surface area (Å²) >= 11 is 6.04. The molecule has 0 aromatic heterocycles. The number of piperazine rings is 1. The minimum absolute atomic E-state index is 0.794. The highest BCUT2D eigenvalue weighted by molar-refractivity contribution is 6.30. The van der Waals surface area contributed by atoms with Gasteiger partial charge in [0.05, 0.1) is 0 Å². The zero-order valence-electron chi connectivity index (χ0n) is 12.9. The van der Waals surface area contributed by atoms with E-state index in [0.29, 0.717) is 0 Å². The molecule has 114 valence electrons. The van der Waals surface area contributed by atoms with Gasteiger partial charge in [0, 0.05) is 37.7 Å². The lowest BCUT2D eigenvalue weighted by atomic mass is 9.81. The van der Waals surface area contributed by atoms with Crippen molar-refractivity contribution in [2.24, 2.45) is 5.92 Å². The van der Waals surface area contributed by atoms with E-state index in [1.807, 2.05) is 12.1 Å². The summed E-state index contributed by atoms with van der Waals surface area (Å²) in [6, 6.07) is 8.41. The summed E-state index contributed by atoms with van der Waals surface area (Å²) in [7, 11) is 0. The van der Waals surface area contributed by atoms with Gasteiger partial charge in [0.25, 0.3) is 0 Å². The number of hydrogen-bond donors (Lipinski definition) is 1. The molecule has 0 amide bonds. The Balaban J connectivity index is 1.83. The predicted molar refractivity (Wildman–Crippen MR) is 90.7 cm³/mol. The van der Waals surface area contributed by atoms with E-state index in [2.05, 4.69) is 29.3 Å². The highest BCUT2D eigenvalue weighted by atomic mass is 35.5. The lowest BCUT2D eigenvalue weighted by Gasteiger charge is -2.32. The molecule has 1 aliphatic carbocycles. The normalized spacial score (nSPS) is 24.4. The summed E-state index contributed by atoms with van der Waals surface area (Å²) in [5.41, 5.74) is 4.59. The van der Waals surface area contributed by atoms with Gasteiger partial charge in [-0.25, -0.2) is 0 Å². The average Bonchev–Trinajstić information content (AvgIpc) is 2.51. The maximum absolute atomic E-state index is 6.04. The van der Waals surface area contributed by atoms with Gasteiger partial charge in [-0.3, -0.25) is 4.90 Å². The van der Waals surface area contributed by atoms with E-state index in [4.69, 9.17) is 11.6 Å². The predicted octanol–water partition coefficient (Wildman–Crippen LogP) is 3.82. The zero-order valence-corrected chi connectivity index (χ0v) is 13.6. The number of benzene rings is 1. The number of hydrogen-bond acceptors (Lipinski definition) is 2. The van der Waals surface area contributed by atoms with Gasteiger partial charge in [0.1, 0.15) is 0 Å². The Morgan fingerprint density at radius 2 is 1.90 bits per heavy atom. The molecule has 2 aliphatic rings. The largest absolute Gasteiger partial charge is 0.314 e. The first-order valence-electron chi connectivity index (χ1n) is 8.12. The van der Waals surface area contributed by atoms with Crippen LogP contribution in [0.2, 0.25) is 5.02 Å². The van der Waals surface area contributed by atoms with Crippen LogP contribution in [-0.4, -0.2) is 37.6 Å². The number of rotatable bonds is 3. The fraction of sp³-hybridized carbons (Fsp3) is 0.556. The molecule has 3 heteroatoms. The van der Waals surface area contributed by atoms with Crippen LogP contribution in [-0.2, 0) is 0 Å². The van der Waals surface area contributed by atoms with Crippen LogP contribution in [0.5, 0.6) is 0 Å². The molecule has 1 aromatic rings. The molecule has 21 heavy (non-hydrogen) atoms. The summed E-state index contributed by atoms with van der Waals surface area (Å²) in [4.78, 5) is 2.59. The standard InChI is InChI=1S/C18H25ClN2/c1-14-2-3-16(13-21-10-8-20-9-11-21)18(12-14)15-4-6-17(19)7-5-15/h4-7,14,20H,2-3,8-13H2,1H3. The molecule has 1 aliphatic heterocycles. The summed E-state index contributed by atoms with van der Waals surface area (Å²) in [5, 5.41) is 4.26. The van der Waals surface area contributed by atoms with Crippen molar-refractivity contribution in [1.82, 2.24) is 10.2 Å². The molecule has 1 fully saturated rings. The van der Waals surface area contributed by atoms with Gasteiger partial charge < -0.3 is 5.32 Å². The third-order valence-corrected chi connectivity index (χ3v) is 4.99. The Morgan fingerprint density at radius 1 is 1.19 bits per heavy atom. The Hall–Kier alpha value is -0.830. The maximum atomic E-state index is 6.04. The fourth-order valence-corrected chi connectivity index (χ4v) is 3.58. The SMILES string of the molecule is CC1CCC(CN2CCNCC2)=C(c2ccc(Cl)cc2)C1. The highest BCUT2D eigenvalue weighted by Gasteiger charge is 2.21. The molecule has 0 saturated carbocycles. The van der Waals surface area contributed by atoms with Crippen molar-refractivity contribution in [3.05, 3.63) is 40.4 Å². The van der Waals surface area contributed by atoms with E-state index in [1.54, 1.807) is 11.1 Å². The summed E-state index contributed by atoms with van der Waals surface area (Å²) in [5.74, 6) is 0.794. The third kappa shape index (κ3) is 3.88. The quantitative estimate of drug-likeness (QED) is 0.913. The molecule has 0 bridgehead atoms. The molecule has 0 radical (unpaired) electrons. The van der Waals surface area contributed by atoms with E-state index in [0.717, 1.165) is 30.6 Å². The van der Waals surface area contributed by atoms with E-state index in [9.17, 15) is 0 Å². The van der Waals surface area contributed by atoms with E-state index in [1.165, 1.54) is 37.9 Å². The van der Waals surface area contributed by atoms with Gasteiger partial charge in [-0.15, -0.1) is 0 Å². The van der Waals surface area contributed by atoms with Crippen molar-refractivity contribution in [3.63, 3.8) is 0 Å². The van der Waals surface area contributed by atoms with Crippen LogP contribution in [0.25, 0.3) is 5.57 Å². The molecule has 3 rings (SSSR count). The molecular formula is C18H25ClN2. The van der Waals surface area contributed by atoms with E-state index < -0.39 is 0 Å². The Kier molecular flexibility index (Phi) is 4.99. The summed E-state index contributed by atoms with van der Waals surface area (Å²) < 4.78 is 0. The number of allylic oxidation sites excluding steroid dienone is 1. The Morgan fingerprint density at radius 3 is 2.62 bits per heavy atom. The van der Waals surface area contributed by atoms with E-state index >= 15 is 0 Å². The van der Waals surface area contributed by atoms with Crippen molar-refractivity contribution in [2.45, 2.75) is 26.2 Å². The number of nitrogens with one attached hydrogen (secondary N) is 1. The van der Waals surface area contributed by atoms with Crippen molar-refractivity contribution in [2.75, 3.05) is 32.7 Å². The van der Waals surface area contributed by atoms with Crippen LogP contribution in [0.3, 0.4) is 0 Å². The lowest BCUT2D eigenvalue weighted by Crippen LogP contribution is -2.44. The highest BCUT2D eigenvalue weighted by Crippen LogP contribution is 2.36. The first-order chi connectivity index (χ1) is 10.2.